The van der Waals surface area contributed by atoms with Crippen LogP contribution in [0.1, 0.15) is 33.1 Å². The summed E-state index contributed by atoms with van der Waals surface area (Å²) in [4.78, 5) is 2.43. The molecule has 2 heterocycles. The third kappa shape index (κ3) is 3.45. The van der Waals surface area contributed by atoms with Crippen molar-refractivity contribution in [2.24, 2.45) is 5.41 Å². The van der Waals surface area contributed by atoms with Crippen LogP contribution in [0.4, 0.5) is 0 Å². The molecule has 0 aromatic carbocycles. The molecule has 2 saturated heterocycles. The lowest BCUT2D eigenvalue weighted by atomic mass is 9.88. The SMILES string of the molecule is CCCN(CC1(C)CCNC1)C1CCS(=O)(=O)C1. The van der Waals surface area contributed by atoms with Gasteiger partial charge in [-0.05, 0) is 37.8 Å². The number of hydrogen-bond donors (Lipinski definition) is 1. The molecular weight excluding hydrogens is 248 g/mol. The summed E-state index contributed by atoms with van der Waals surface area (Å²) < 4.78 is 23.3. The van der Waals surface area contributed by atoms with Gasteiger partial charge < -0.3 is 5.32 Å². The first kappa shape index (κ1) is 14.3. The molecule has 0 aromatic rings. The average Bonchev–Trinajstić information content (AvgIpc) is 2.85. The highest BCUT2D eigenvalue weighted by Gasteiger charge is 2.36. The Kier molecular flexibility index (Phi) is 4.34. The summed E-state index contributed by atoms with van der Waals surface area (Å²) in [5.74, 6) is 0.753. The Morgan fingerprint density at radius 2 is 2.22 bits per heavy atom. The van der Waals surface area contributed by atoms with E-state index < -0.39 is 9.84 Å². The fourth-order valence-electron chi connectivity index (χ4n) is 3.24. The molecule has 0 spiro atoms. The zero-order valence-corrected chi connectivity index (χ0v) is 12.4. The molecule has 2 rings (SSSR count). The number of nitrogens with one attached hydrogen (secondary N) is 1. The minimum absolute atomic E-state index is 0.257. The van der Waals surface area contributed by atoms with Gasteiger partial charge in [-0.25, -0.2) is 8.42 Å². The molecule has 4 nitrogen and oxygen atoms in total. The van der Waals surface area contributed by atoms with Gasteiger partial charge in [0.15, 0.2) is 9.84 Å². The van der Waals surface area contributed by atoms with Crippen LogP contribution in [0.2, 0.25) is 0 Å². The highest BCUT2D eigenvalue weighted by atomic mass is 32.2. The molecule has 0 aromatic heterocycles. The van der Waals surface area contributed by atoms with Crippen molar-refractivity contribution in [2.45, 2.75) is 39.2 Å². The zero-order chi connectivity index (χ0) is 13.2. The smallest absolute Gasteiger partial charge is 0.151 e. The van der Waals surface area contributed by atoms with Gasteiger partial charge in [-0.2, -0.15) is 0 Å². The first-order valence-electron chi connectivity index (χ1n) is 7.09. The molecule has 0 saturated carbocycles. The monoisotopic (exact) mass is 274 g/mol. The fraction of sp³-hybridized carbons (Fsp3) is 1.00. The first-order valence-corrected chi connectivity index (χ1v) is 8.91. The summed E-state index contributed by atoms with van der Waals surface area (Å²) in [6, 6.07) is 0.257. The molecule has 5 heteroatoms. The number of hydrogen-bond acceptors (Lipinski definition) is 4. The summed E-state index contributed by atoms with van der Waals surface area (Å²) in [6.45, 7) is 8.71. The molecule has 18 heavy (non-hydrogen) atoms. The molecule has 1 N–H and O–H groups in total. The van der Waals surface area contributed by atoms with Crippen LogP contribution in [-0.2, 0) is 9.84 Å². The van der Waals surface area contributed by atoms with Gasteiger partial charge in [0.05, 0.1) is 11.5 Å². The second-order valence-electron chi connectivity index (χ2n) is 6.26. The molecule has 2 aliphatic heterocycles. The number of sulfone groups is 1. The van der Waals surface area contributed by atoms with Crippen molar-refractivity contribution in [2.75, 3.05) is 37.7 Å². The summed E-state index contributed by atoms with van der Waals surface area (Å²) in [7, 11) is -2.77. The standard InChI is InChI=1S/C13H26N2O2S/c1-3-7-15(11-13(2)5-6-14-10-13)12-4-8-18(16,17)9-12/h12,14H,3-11H2,1-2H3. The summed E-state index contributed by atoms with van der Waals surface area (Å²) in [5, 5.41) is 3.42. The third-order valence-corrected chi connectivity index (χ3v) is 6.03. The van der Waals surface area contributed by atoms with E-state index in [1.54, 1.807) is 0 Å². The van der Waals surface area contributed by atoms with E-state index in [1.807, 2.05) is 0 Å². The normalized spacial score (nSPS) is 35.4. The molecule has 2 fully saturated rings. The molecule has 2 aliphatic rings. The number of rotatable bonds is 5. The Morgan fingerprint density at radius 3 is 2.72 bits per heavy atom. The van der Waals surface area contributed by atoms with Crippen LogP contribution in [0.15, 0.2) is 0 Å². The predicted molar refractivity (Wildman–Crippen MR) is 74.5 cm³/mol. The Bertz CT molecular complexity index is 374. The molecule has 2 unspecified atom stereocenters. The molecule has 2 atom stereocenters. The van der Waals surface area contributed by atoms with Crippen molar-refractivity contribution in [3.05, 3.63) is 0 Å². The number of nitrogens with zero attached hydrogens (tertiary/aromatic N) is 1. The van der Waals surface area contributed by atoms with Gasteiger partial charge in [0, 0.05) is 19.1 Å². The van der Waals surface area contributed by atoms with Gasteiger partial charge in [-0.3, -0.25) is 4.90 Å². The Morgan fingerprint density at radius 1 is 1.44 bits per heavy atom. The van der Waals surface area contributed by atoms with Crippen LogP contribution in [0.5, 0.6) is 0 Å². The van der Waals surface area contributed by atoms with Crippen LogP contribution in [-0.4, -0.2) is 57.0 Å². The van der Waals surface area contributed by atoms with Crippen molar-refractivity contribution in [3.8, 4) is 0 Å². The highest BCUT2D eigenvalue weighted by molar-refractivity contribution is 7.91. The second-order valence-corrected chi connectivity index (χ2v) is 8.49. The highest BCUT2D eigenvalue weighted by Crippen LogP contribution is 2.28. The van der Waals surface area contributed by atoms with Crippen LogP contribution in [0, 0.1) is 5.41 Å². The lowest BCUT2D eigenvalue weighted by molar-refractivity contribution is 0.139. The lowest BCUT2D eigenvalue weighted by Gasteiger charge is -2.35. The van der Waals surface area contributed by atoms with Gasteiger partial charge in [-0.15, -0.1) is 0 Å². The molecule has 0 radical (unpaired) electrons. The fourth-order valence-corrected chi connectivity index (χ4v) is 5.00. The van der Waals surface area contributed by atoms with Crippen LogP contribution >= 0.6 is 0 Å². The van der Waals surface area contributed by atoms with Crippen molar-refractivity contribution in [1.82, 2.24) is 10.2 Å². The maximum Gasteiger partial charge on any atom is 0.151 e. The van der Waals surface area contributed by atoms with E-state index in [4.69, 9.17) is 0 Å². The van der Waals surface area contributed by atoms with Gasteiger partial charge in [0.2, 0.25) is 0 Å². The quantitative estimate of drug-likeness (QED) is 0.809. The van der Waals surface area contributed by atoms with E-state index in [0.717, 1.165) is 39.0 Å². The van der Waals surface area contributed by atoms with E-state index >= 15 is 0 Å². The summed E-state index contributed by atoms with van der Waals surface area (Å²) in [6.07, 6.45) is 3.12. The second kappa shape index (κ2) is 5.47. The molecule has 0 bridgehead atoms. The van der Waals surface area contributed by atoms with Crippen molar-refractivity contribution < 1.29 is 8.42 Å². The van der Waals surface area contributed by atoms with E-state index in [9.17, 15) is 8.42 Å². The van der Waals surface area contributed by atoms with E-state index in [0.29, 0.717) is 16.9 Å². The van der Waals surface area contributed by atoms with Crippen molar-refractivity contribution in [3.63, 3.8) is 0 Å². The van der Waals surface area contributed by atoms with Crippen molar-refractivity contribution in [1.29, 1.82) is 0 Å². The van der Waals surface area contributed by atoms with Gasteiger partial charge in [0.25, 0.3) is 0 Å². The summed E-state index contributed by atoms with van der Waals surface area (Å²) in [5.41, 5.74) is 0.321. The molecule has 0 aliphatic carbocycles. The van der Waals surface area contributed by atoms with E-state index in [1.165, 1.54) is 6.42 Å². The van der Waals surface area contributed by atoms with Crippen LogP contribution in [0.25, 0.3) is 0 Å². The van der Waals surface area contributed by atoms with Gasteiger partial charge >= 0.3 is 0 Å². The molecule has 0 amide bonds. The molecular formula is C13H26N2O2S. The average molecular weight is 274 g/mol. The predicted octanol–water partition coefficient (Wildman–Crippen LogP) is 0.885. The van der Waals surface area contributed by atoms with Crippen molar-refractivity contribution >= 4 is 9.84 Å². The first-order chi connectivity index (χ1) is 8.44. The molecule has 106 valence electrons. The topological polar surface area (TPSA) is 49.4 Å². The minimum atomic E-state index is -2.77. The maximum absolute atomic E-state index is 11.6. The Hall–Kier alpha value is -0.130. The Labute approximate surface area is 111 Å². The largest absolute Gasteiger partial charge is 0.316 e. The van der Waals surface area contributed by atoms with Crippen LogP contribution < -0.4 is 5.32 Å². The lowest BCUT2D eigenvalue weighted by Crippen LogP contribution is -2.44. The summed E-state index contributed by atoms with van der Waals surface area (Å²) >= 11 is 0. The third-order valence-electron chi connectivity index (χ3n) is 4.28. The van der Waals surface area contributed by atoms with E-state index in [-0.39, 0.29) is 6.04 Å². The minimum Gasteiger partial charge on any atom is -0.316 e. The Balaban J connectivity index is 2.00. The zero-order valence-electron chi connectivity index (χ0n) is 11.6. The van der Waals surface area contributed by atoms with Crippen LogP contribution in [0.3, 0.4) is 0 Å². The van der Waals surface area contributed by atoms with Gasteiger partial charge in [-0.1, -0.05) is 13.8 Å². The maximum atomic E-state index is 11.6. The van der Waals surface area contributed by atoms with E-state index in [2.05, 4.69) is 24.1 Å². The van der Waals surface area contributed by atoms with Gasteiger partial charge in [0.1, 0.15) is 0 Å².